The number of aryl methyl sites for hydroxylation is 2. The van der Waals surface area contributed by atoms with Crippen molar-refractivity contribution in [3.05, 3.63) is 98.3 Å². The summed E-state index contributed by atoms with van der Waals surface area (Å²) in [6.07, 6.45) is 1.94. The van der Waals surface area contributed by atoms with E-state index in [1.54, 1.807) is 11.6 Å². The smallest absolute Gasteiger partial charge is 0.439 e. The zero-order chi connectivity index (χ0) is 26.6. The lowest BCUT2D eigenvalue weighted by Crippen LogP contribution is -2.13. The quantitative estimate of drug-likeness (QED) is 0.317. The van der Waals surface area contributed by atoms with Crippen molar-refractivity contribution in [3.8, 4) is 22.7 Å². The number of hydrogen-bond donors (Lipinski definition) is 2. The monoisotopic (exact) mass is 507 g/mol. The molecule has 0 fully saturated rings. The third kappa shape index (κ3) is 3.98. The molecule has 1 unspecified atom stereocenters. The minimum atomic E-state index is -0.623. The molecular formula is C29H25N5O4. The SMILES string of the molecule is Cc1cc(C(C)Nc2ccccc2-c2noc(=O)[nH]2)c2oc(-c3ccc4nn(C)cc4c3)c(C)c(=O)c2c1. The van der Waals surface area contributed by atoms with E-state index in [2.05, 4.69) is 20.6 Å². The molecule has 0 bridgehead atoms. The second kappa shape index (κ2) is 8.88. The average Bonchev–Trinajstić information content (AvgIpc) is 3.50. The largest absolute Gasteiger partial charge is 0.455 e. The van der Waals surface area contributed by atoms with Gasteiger partial charge in [-0.3, -0.25) is 19.0 Å². The molecule has 3 heterocycles. The van der Waals surface area contributed by atoms with Crippen LogP contribution in [-0.2, 0) is 7.05 Å². The van der Waals surface area contributed by atoms with Crippen LogP contribution in [0.15, 0.2) is 79.3 Å². The van der Waals surface area contributed by atoms with E-state index in [1.807, 2.05) is 81.7 Å². The summed E-state index contributed by atoms with van der Waals surface area (Å²) >= 11 is 0. The Balaban J connectivity index is 1.48. The molecule has 0 aliphatic heterocycles. The van der Waals surface area contributed by atoms with Gasteiger partial charge in [-0.05, 0) is 62.7 Å². The Morgan fingerprint density at radius 2 is 1.87 bits per heavy atom. The molecule has 190 valence electrons. The number of nitrogens with one attached hydrogen (secondary N) is 2. The minimum Gasteiger partial charge on any atom is -0.455 e. The topological polar surface area (TPSA) is 119 Å². The van der Waals surface area contributed by atoms with Crippen LogP contribution in [0.1, 0.15) is 29.7 Å². The molecule has 3 aromatic heterocycles. The molecule has 6 aromatic rings. The van der Waals surface area contributed by atoms with Gasteiger partial charge >= 0.3 is 5.76 Å². The van der Waals surface area contributed by atoms with E-state index in [-0.39, 0.29) is 11.5 Å². The fraction of sp³-hybridized carbons (Fsp3) is 0.172. The fourth-order valence-electron chi connectivity index (χ4n) is 4.93. The first-order valence-corrected chi connectivity index (χ1v) is 12.2. The number of fused-ring (bicyclic) bond motifs is 2. The number of para-hydroxylation sites is 1. The van der Waals surface area contributed by atoms with Crippen molar-refractivity contribution in [2.45, 2.75) is 26.8 Å². The Morgan fingerprint density at radius 3 is 2.66 bits per heavy atom. The zero-order valence-corrected chi connectivity index (χ0v) is 21.3. The highest BCUT2D eigenvalue weighted by Gasteiger charge is 2.20. The Bertz CT molecular complexity index is 1960. The number of rotatable bonds is 5. The average molecular weight is 508 g/mol. The molecule has 0 spiro atoms. The van der Waals surface area contributed by atoms with Crippen LogP contribution in [0, 0.1) is 13.8 Å². The number of aromatic amines is 1. The van der Waals surface area contributed by atoms with E-state index in [0.29, 0.717) is 33.7 Å². The van der Waals surface area contributed by atoms with E-state index in [4.69, 9.17) is 8.94 Å². The molecule has 0 radical (unpaired) electrons. The van der Waals surface area contributed by atoms with Crippen LogP contribution in [0.5, 0.6) is 0 Å². The molecular weight excluding hydrogens is 482 g/mol. The van der Waals surface area contributed by atoms with Crippen LogP contribution in [0.25, 0.3) is 44.6 Å². The van der Waals surface area contributed by atoms with Gasteiger partial charge < -0.3 is 9.73 Å². The predicted molar refractivity (Wildman–Crippen MR) is 146 cm³/mol. The van der Waals surface area contributed by atoms with Crippen molar-refractivity contribution in [2.24, 2.45) is 7.05 Å². The maximum atomic E-state index is 13.6. The van der Waals surface area contributed by atoms with Gasteiger partial charge in [0.2, 0.25) is 0 Å². The Hall–Kier alpha value is -4.92. The molecule has 6 rings (SSSR count). The van der Waals surface area contributed by atoms with Gasteiger partial charge in [0.15, 0.2) is 11.3 Å². The first kappa shape index (κ1) is 23.5. The number of nitrogens with zero attached hydrogens (tertiary/aromatic N) is 3. The first-order chi connectivity index (χ1) is 18.3. The highest BCUT2D eigenvalue weighted by atomic mass is 16.5. The third-order valence-corrected chi connectivity index (χ3v) is 6.73. The minimum absolute atomic E-state index is 0.0646. The fourth-order valence-corrected chi connectivity index (χ4v) is 4.93. The summed E-state index contributed by atoms with van der Waals surface area (Å²) in [5.41, 5.74) is 5.92. The molecule has 38 heavy (non-hydrogen) atoms. The van der Waals surface area contributed by atoms with Crippen LogP contribution in [0.4, 0.5) is 5.69 Å². The molecule has 0 amide bonds. The highest BCUT2D eigenvalue weighted by Crippen LogP contribution is 2.34. The van der Waals surface area contributed by atoms with Crippen LogP contribution >= 0.6 is 0 Å². The van der Waals surface area contributed by atoms with Gasteiger partial charge in [0, 0.05) is 46.6 Å². The van der Waals surface area contributed by atoms with Gasteiger partial charge in [0.05, 0.1) is 16.9 Å². The van der Waals surface area contributed by atoms with Gasteiger partial charge in [-0.2, -0.15) is 5.10 Å². The molecule has 2 N–H and O–H groups in total. The molecule has 0 aliphatic rings. The second-order valence-corrected chi connectivity index (χ2v) is 9.55. The van der Waals surface area contributed by atoms with Crippen molar-refractivity contribution < 1.29 is 8.94 Å². The van der Waals surface area contributed by atoms with Crippen molar-refractivity contribution >= 4 is 27.6 Å². The molecule has 9 nitrogen and oxygen atoms in total. The van der Waals surface area contributed by atoms with Crippen LogP contribution in [0.2, 0.25) is 0 Å². The van der Waals surface area contributed by atoms with E-state index >= 15 is 0 Å². The van der Waals surface area contributed by atoms with Gasteiger partial charge in [-0.25, -0.2) is 4.79 Å². The standard InChI is InChI=1S/C29H25N5O4/c1-15-11-21(17(3)30-24-8-6-5-7-20(24)28-31-29(36)38-33-28)27-22(12-15)25(35)16(2)26(37-27)18-9-10-23-19(13-18)14-34(4)32-23/h5-14,17,30H,1-4H3,(H,31,33,36). The first-order valence-electron chi connectivity index (χ1n) is 12.2. The number of aromatic nitrogens is 4. The number of benzene rings is 3. The van der Waals surface area contributed by atoms with Crippen LogP contribution in [0.3, 0.4) is 0 Å². The molecule has 0 saturated heterocycles. The maximum Gasteiger partial charge on any atom is 0.439 e. The summed E-state index contributed by atoms with van der Waals surface area (Å²) in [5.74, 6) is 0.238. The Labute approximate surface area is 216 Å². The maximum absolute atomic E-state index is 13.6. The zero-order valence-electron chi connectivity index (χ0n) is 21.3. The number of hydrogen-bond acceptors (Lipinski definition) is 7. The van der Waals surface area contributed by atoms with Gasteiger partial charge in [0.25, 0.3) is 0 Å². The lowest BCUT2D eigenvalue weighted by atomic mass is 9.98. The number of H-pyrrole nitrogens is 1. The highest BCUT2D eigenvalue weighted by molar-refractivity contribution is 5.87. The summed E-state index contributed by atoms with van der Waals surface area (Å²) in [6, 6.07) is 17.0. The Morgan fingerprint density at radius 1 is 1.05 bits per heavy atom. The molecule has 3 aromatic carbocycles. The molecule has 0 saturated carbocycles. The lowest BCUT2D eigenvalue weighted by molar-refractivity contribution is 0.388. The molecule has 9 heteroatoms. The van der Waals surface area contributed by atoms with E-state index in [9.17, 15) is 9.59 Å². The summed E-state index contributed by atoms with van der Waals surface area (Å²) < 4.78 is 13.0. The van der Waals surface area contributed by atoms with E-state index in [0.717, 1.165) is 33.3 Å². The second-order valence-electron chi connectivity index (χ2n) is 9.55. The van der Waals surface area contributed by atoms with Crippen molar-refractivity contribution in [1.29, 1.82) is 0 Å². The summed E-state index contributed by atoms with van der Waals surface area (Å²) in [6.45, 7) is 5.76. The number of anilines is 1. The molecule has 0 aliphatic carbocycles. The van der Waals surface area contributed by atoms with Crippen molar-refractivity contribution in [3.63, 3.8) is 0 Å². The van der Waals surface area contributed by atoms with Gasteiger partial charge in [-0.1, -0.05) is 23.4 Å². The summed E-state index contributed by atoms with van der Waals surface area (Å²) in [5, 5.41) is 13.3. The Kier molecular flexibility index (Phi) is 5.48. The van der Waals surface area contributed by atoms with Crippen LogP contribution < -0.4 is 16.5 Å². The van der Waals surface area contributed by atoms with Crippen molar-refractivity contribution in [2.75, 3.05) is 5.32 Å². The van der Waals surface area contributed by atoms with Gasteiger partial charge in [-0.15, -0.1) is 0 Å². The summed E-state index contributed by atoms with van der Waals surface area (Å²) in [4.78, 5) is 27.7. The lowest BCUT2D eigenvalue weighted by Gasteiger charge is -2.20. The van der Waals surface area contributed by atoms with Crippen molar-refractivity contribution in [1.82, 2.24) is 19.9 Å². The van der Waals surface area contributed by atoms with E-state index in [1.165, 1.54) is 0 Å². The summed E-state index contributed by atoms with van der Waals surface area (Å²) in [7, 11) is 1.88. The molecule has 1 atom stereocenters. The third-order valence-electron chi connectivity index (χ3n) is 6.73. The predicted octanol–water partition coefficient (Wildman–Crippen LogP) is 5.48. The van der Waals surface area contributed by atoms with Crippen LogP contribution in [-0.4, -0.2) is 19.9 Å². The van der Waals surface area contributed by atoms with E-state index < -0.39 is 5.76 Å². The normalized spacial score (nSPS) is 12.3. The van der Waals surface area contributed by atoms with Gasteiger partial charge in [0.1, 0.15) is 11.3 Å².